The number of carbonyl (C=O) groups is 1. The number of hydrogen-bond acceptors (Lipinski definition) is 3. The fraction of sp³-hybridized carbons (Fsp3) is 0.500. The molecule has 106 valence electrons. The highest BCUT2D eigenvalue weighted by atomic mass is 19.1. The molecular formula is C14H21FN2O2. The lowest BCUT2D eigenvalue weighted by molar-refractivity contribution is -0.126. The summed E-state index contributed by atoms with van der Waals surface area (Å²) in [5.74, 6) is -0.389. The maximum Gasteiger partial charge on any atom is 0.224 e. The van der Waals surface area contributed by atoms with E-state index in [1.54, 1.807) is 12.1 Å². The van der Waals surface area contributed by atoms with E-state index in [4.69, 9.17) is 10.5 Å². The molecule has 1 unspecified atom stereocenters. The van der Waals surface area contributed by atoms with Crippen LogP contribution >= 0.6 is 0 Å². The van der Waals surface area contributed by atoms with Gasteiger partial charge in [-0.05, 0) is 23.6 Å². The second kappa shape index (κ2) is 7.09. The monoisotopic (exact) mass is 268 g/mol. The molecule has 5 heteroatoms. The number of carbonyl (C=O) groups excluding carboxylic acids is 1. The van der Waals surface area contributed by atoms with Gasteiger partial charge in [-0.15, -0.1) is 0 Å². The molecule has 1 aromatic carbocycles. The fourth-order valence-electron chi connectivity index (χ4n) is 1.82. The molecular weight excluding hydrogens is 247 g/mol. The van der Waals surface area contributed by atoms with Crippen molar-refractivity contribution in [2.24, 2.45) is 17.6 Å². The molecule has 1 rings (SSSR count). The number of nitrogens with two attached hydrogens (primary N) is 1. The summed E-state index contributed by atoms with van der Waals surface area (Å²) in [6.45, 7) is 4.48. The molecule has 4 nitrogen and oxygen atoms in total. The van der Waals surface area contributed by atoms with Crippen LogP contribution in [-0.2, 0) is 11.3 Å². The Kier molecular flexibility index (Phi) is 5.76. The normalized spacial score (nSPS) is 12.3. The van der Waals surface area contributed by atoms with Crippen LogP contribution in [-0.4, -0.2) is 19.6 Å². The molecule has 0 spiro atoms. The third-order valence-corrected chi connectivity index (χ3v) is 3.08. The minimum atomic E-state index is -0.437. The number of amides is 1. The molecule has 0 saturated heterocycles. The van der Waals surface area contributed by atoms with Crippen molar-refractivity contribution in [1.29, 1.82) is 0 Å². The first kappa shape index (κ1) is 15.4. The first-order valence-corrected chi connectivity index (χ1v) is 6.29. The molecule has 0 aliphatic rings. The molecule has 1 atom stereocenters. The molecule has 0 fully saturated rings. The SMILES string of the molecule is COc1ccc(CNC(=O)C(CN)C(C)C)cc1F. The summed E-state index contributed by atoms with van der Waals surface area (Å²) in [4.78, 5) is 11.9. The maximum absolute atomic E-state index is 13.5. The summed E-state index contributed by atoms with van der Waals surface area (Å²) in [6, 6.07) is 4.61. The summed E-state index contributed by atoms with van der Waals surface area (Å²) >= 11 is 0. The number of rotatable bonds is 6. The highest BCUT2D eigenvalue weighted by Gasteiger charge is 2.20. The van der Waals surface area contributed by atoms with Gasteiger partial charge in [0, 0.05) is 13.1 Å². The molecule has 0 heterocycles. The minimum Gasteiger partial charge on any atom is -0.494 e. The number of halogens is 1. The predicted octanol–water partition coefficient (Wildman–Crippen LogP) is 1.68. The van der Waals surface area contributed by atoms with Crippen molar-refractivity contribution in [3.63, 3.8) is 0 Å². The number of methoxy groups -OCH3 is 1. The van der Waals surface area contributed by atoms with Gasteiger partial charge in [-0.2, -0.15) is 0 Å². The van der Waals surface area contributed by atoms with Crippen molar-refractivity contribution in [2.45, 2.75) is 20.4 Å². The molecule has 19 heavy (non-hydrogen) atoms. The number of benzene rings is 1. The number of ether oxygens (including phenoxy) is 1. The van der Waals surface area contributed by atoms with Crippen LogP contribution in [0.1, 0.15) is 19.4 Å². The Labute approximate surface area is 113 Å². The first-order chi connectivity index (χ1) is 8.99. The Morgan fingerprint density at radius 2 is 2.16 bits per heavy atom. The molecule has 0 bridgehead atoms. The second-order valence-electron chi connectivity index (χ2n) is 4.77. The van der Waals surface area contributed by atoms with Gasteiger partial charge in [-0.3, -0.25) is 4.79 Å². The molecule has 0 aromatic heterocycles. The van der Waals surface area contributed by atoms with Crippen molar-refractivity contribution in [2.75, 3.05) is 13.7 Å². The smallest absolute Gasteiger partial charge is 0.224 e. The van der Waals surface area contributed by atoms with E-state index in [9.17, 15) is 9.18 Å². The van der Waals surface area contributed by atoms with Gasteiger partial charge in [0.25, 0.3) is 0 Å². The van der Waals surface area contributed by atoms with Gasteiger partial charge in [0.15, 0.2) is 11.6 Å². The molecule has 1 aromatic rings. The van der Waals surface area contributed by atoms with Crippen molar-refractivity contribution >= 4 is 5.91 Å². The van der Waals surface area contributed by atoms with E-state index in [2.05, 4.69) is 5.32 Å². The molecule has 0 aliphatic carbocycles. The number of hydrogen-bond donors (Lipinski definition) is 2. The van der Waals surface area contributed by atoms with Crippen molar-refractivity contribution in [3.8, 4) is 5.75 Å². The van der Waals surface area contributed by atoms with E-state index in [1.807, 2.05) is 13.8 Å². The number of nitrogens with one attached hydrogen (secondary N) is 1. The Bertz CT molecular complexity index is 435. The van der Waals surface area contributed by atoms with Crippen molar-refractivity contribution in [1.82, 2.24) is 5.32 Å². The molecule has 3 N–H and O–H groups in total. The van der Waals surface area contributed by atoms with E-state index < -0.39 is 5.82 Å². The van der Waals surface area contributed by atoms with Gasteiger partial charge in [0.2, 0.25) is 5.91 Å². The average molecular weight is 268 g/mol. The summed E-state index contributed by atoms with van der Waals surface area (Å²) in [5, 5.41) is 2.77. The lowest BCUT2D eigenvalue weighted by Gasteiger charge is -2.18. The van der Waals surface area contributed by atoms with E-state index >= 15 is 0 Å². The summed E-state index contributed by atoms with van der Waals surface area (Å²) in [5.41, 5.74) is 6.25. The third-order valence-electron chi connectivity index (χ3n) is 3.08. The fourth-order valence-corrected chi connectivity index (χ4v) is 1.82. The standard InChI is InChI=1S/C14H21FN2O2/c1-9(2)11(7-16)14(18)17-8-10-4-5-13(19-3)12(15)6-10/h4-6,9,11H,7-8,16H2,1-3H3,(H,17,18). The van der Waals surface area contributed by atoms with Crippen LogP contribution in [0.3, 0.4) is 0 Å². The van der Waals surface area contributed by atoms with Crippen molar-refractivity contribution in [3.05, 3.63) is 29.6 Å². The largest absolute Gasteiger partial charge is 0.494 e. The highest BCUT2D eigenvalue weighted by Crippen LogP contribution is 2.17. The van der Waals surface area contributed by atoms with Crippen LogP contribution in [0.5, 0.6) is 5.75 Å². The van der Waals surface area contributed by atoms with Crippen LogP contribution in [0.4, 0.5) is 4.39 Å². The third kappa shape index (κ3) is 4.21. The Morgan fingerprint density at radius 1 is 1.47 bits per heavy atom. The Hall–Kier alpha value is -1.62. The lowest BCUT2D eigenvalue weighted by atomic mass is 9.95. The maximum atomic E-state index is 13.5. The summed E-state index contributed by atoms with van der Waals surface area (Å²) in [6.07, 6.45) is 0. The topological polar surface area (TPSA) is 64.3 Å². The average Bonchev–Trinajstić information content (AvgIpc) is 2.37. The zero-order valence-corrected chi connectivity index (χ0v) is 11.6. The van der Waals surface area contributed by atoms with Gasteiger partial charge < -0.3 is 15.8 Å². The molecule has 0 aliphatic heterocycles. The van der Waals surface area contributed by atoms with E-state index in [1.165, 1.54) is 13.2 Å². The van der Waals surface area contributed by atoms with Crippen LogP contribution in [0.15, 0.2) is 18.2 Å². The highest BCUT2D eigenvalue weighted by molar-refractivity contribution is 5.79. The van der Waals surface area contributed by atoms with Gasteiger partial charge in [0.1, 0.15) is 0 Å². The van der Waals surface area contributed by atoms with E-state index in [0.29, 0.717) is 12.1 Å². The summed E-state index contributed by atoms with van der Waals surface area (Å²) in [7, 11) is 1.41. The molecule has 0 radical (unpaired) electrons. The van der Waals surface area contributed by atoms with Crippen LogP contribution in [0, 0.1) is 17.7 Å². The Morgan fingerprint density at radius 3 is 2.63 bits per heavy atom. The zero-order chi connectivity index (χ0) is 14.4. The van der Waals surface area contributed by atoms with E-state index in [-0.39, 0.29) is 30.0 Å². The second-order valence-corrected chi connectivity index (χ2v) is 4.77. The quantitative estimate of drug-likeness (QED) is 0.825. The molecule has 0 saturated carbocycles. The predicted molar refractivity (Wildman–Crippen MR) is 72.2 cm³/mol. The van der Waals surface area contributed by atoms with Crippen LogP contribution in [0.2, 0.25) is 0 Å². The van der Waals surface area contributed by atoms with Gasteiger partial charge in [-0.25, -0.2) is 4.39 Å². The minimum absolute atomic E-state index is 0.103. The van der Waals surface area contributed by atoms with Crippen LogP contribution < -0.4 is 15.8 Å². The first-order valence-electron chi connectivity index (χ1n) is 6.29. The van der Waals surface area contributed by atoms with Gasteiger partial charge >= 0.3 is 0 Å². The summed E-state index contributed by atoms with van der Waals surface area (Å²) < 4.78 is 18.3. The van der Waals surface area contributed by atoms with Crippen molar-refractivity contribution < 1.29 is 13.9 Å². The van der Waals surface area contributed by atoms with Crippen LogP contribution in [0.25, 0.3) is 0 Å². The molecule has 1 amide bonds. The van der Waals surface area contributed by atoms with Gasteiger partial charge in [0.05, 0.1) is 13.0 Å². The van der Waals surface area contributed by atoms with E-state index in [0.717, 1.165) is 0 Å². The van der Waals surface area contributed by atoms with Gasteiger partial charge in [-0.1, -0.05) is 19.9 Å². The lowest BCUT2D eigenvalue weighted by Crippen LogP contribution is -2.37. The Balaban J connectivity index is 2.61. The zero-order valence-electron chi connectivity index (χ0n) is 11.6.